The molecule has 1 N–H and O–H groups in total. The lowest BCUT2D eigenvalue weighted by molar-refractivity contribution is 0.0913. The van der Waals surface area contributed by atoms with E-state index in [1.807, 2.05) is 57.1 Å². The first-order chi connectivity index (χ1) is 10.8. The van der Waals surface area contributed by atoms with Gasteiger partial charge >= 0.3 is 0 Å². The van der Waals surface area contributed by atoms with Gasteiger partial charge < -0.3 is 10.2 Å². The Kier molecular flexibility index (Phi) is 5.26. The molecule has 0 unspecified atom stereocenters. The molecule has 1 heterocycles. The molecular weight excluding hydrogens is 310 g/mol. The van der Waals surface area contributed by atoms with E-state index in [4.69, 9.17) is 11.6 Å². The van der Waals surface area contributed by atoms with E-state index in [1.54, 1.807) is 18.3 Å². The lowest BCUT2D eigenvalue weighted by Gasteiger charge is -2.27. The highest BCUT2D eigenvalue weighted by atomic mass is 35.5. The molecule has 0 bridgehead atoms. The van der Waals surface area contributed by atoms with Gasteiger partial charge in [0.2, 0.25) is 0 Å². The Hall–Kier alpha value is -2.07. The number of amides is 1. The minimum atomic E-state index is -0.413. The molecule has 1 aromatic heterocycles. The summed E-state index contributed by atoms with van der Waals surface area (Å²) in [6.07, 6.45) is 2.30. The quantitative estimate of drug-likeness (QED) is 0.911. The maximum atomic E-state index is 12.5. The lowest BCUT2D eigenvalue weighted by atomic mass is 9.94. The monoisotopic (exact) mass is 331 g/mol. The third-order valence-electron chi connectivity index (χ3n) is 3.51. The number of rotatable bonds is 5. The zero-order chi connectivity index (χ0) is 17.0. The number of hydrogen-bond donors (Lipinski definition) is 1. The molecule has 2 rings (SSSR count). The summed E-state index contributed by atoms with van der Waals surface area (Å²) in [5, 5.41) is 3.79. The third kappa shape index (κ3) is 4.70. The van der Waals surface area contributed by atoms with Crippen LogP contribution in [0.15, 0.2) is 42.6 Å². The maximum Gasteiger partial charge on any atom is 0.251 e. The molecule has 122 valence electrons. The van der Waals surface area contributed by atoms with Crippen molar-refractivity contribution in [2.24, 2.45) is 0 Å². The van der Waals surface area contributed by atoms with Crippen LogP contribution >= 0.6 is 11.6 Å². The Bertz CT molecular complexity index is 698. The molecule has 0 aliphatic rings. The lowest BCUT2D eigenvalue weighted by Crippen LogP contribution is -2.45. The smallest absolute Gasteiger partial charge is 0.251 e. The van der Waals surface area contributed by atoms with Crippen molar-refractivity contribution in [1.82, 2.24) is 10.3 Å². The van der Waals surface area contributed by atoms with Gasteiger partial charge in [-0.05, 0) is 44.0 Å². The van der Waals surface area contributed by atoms with Gasteiger partial charge in [0.15, 0.2) is 0 Å². The van der Waals surface area contributed by atoms with Crippen molar-refractivity contribution in [3.05, 3.63) is 58.7 Å². The van der Waals surface area contributed by atoms with Crippen molar-refractivity contribution in [3.63, 3.8) is 0 Å². The molecule has 1 amide bonds. The number of hydrogen-bond acceptors (Lipinski definition) is 3. The SMILES string of the molecule is CN(C)c1cc(C(=O)NC(C)(C)Cc2ccccc2Cl)ccn1. The van der Waals surface area contributed by atoms with Gasteiger partial charge in [-0.15, -0.1) is 0 Å². The fourth-order valence-corrected chi connectivity index (χ4v) is 2.55. The number of aromatic nitrogens is 1. The van der Waals surface area contributed by atoms with E-state index in [-0.39, 0.29) is 5.91 Å². The number of nitrogens with zero attached hydrogens (tertiary/aromatic N) is 2. The van der Waals surface area contributed by atoms with Crippen molar-refractivity contribution >= 4 is 23.3 Å². The molecule has 1 aromatic carbocycles. The van der Waals surface area contributed by atoms with Crippen molar-refractivity contribution < 1.29 is 4.79 Å². The Balaban J connectivity index is 2.12. The van der Waals surface area contributed by atoms with E-state index in [2.05, 4.69) is 10.3 Å². The highest BCUT2D eigenvalue weighted by Crippen LogP contribution is 2.21. The predicted octanol–water partition coefficient (Wildman–Crippen LogP) is 3.55. The van der Waals surface area contributed by atoms with Crippen molar-refractivity contribution in [2.45, 2.75) is 25.8 Å². The minimum absolute atomic E-state index is 0.118. The summed E-state index contributed by atoms with van der Waals surface area (Å²) in [6.45, 7) is 3.98. The largest absolute Gasteiger partial charge is 0.363 e. The molecule has 0 radical (unpaired) electrons. The zero-order valence-electron chi connectivity index (χ0n) is 13.9. The van der Waals surface area contributed by atoms with Gasteiger partial charge in [-0.3, -0.25) is 4.79 Å². The van der Waals surface area contributed by atoms with Crippen LogP contribution in [0.4, 0.5) is 5.82 Å². The standard InChI is InChI=1S/C18H22ClN3O/c1-18(2,12-14-7-5-6-8-15(14)19)21-17(23)13-9-10-20-16(11-13)22(3)4/h5-11H,12H2,1-4H3,(H,21,23). The first kappa shape index (κ1) is 17.3. The summed E-state index contributed by atoms with van der Waals surface area (Å²) in [7, 11) is 3.79. The summed E-state index contributed by atoms with van der Waals surface area (Å²) >= 11 is 6.21. The second-order valence-electron chi connectivity index (χ2n) is 6.40. The maximum absolute atomic E-state index is 12.5. The Morgan fingerprint density at radius 3 is 2.61 bits per heavy atom. The van der Waals surface area contributed by atoms with E-state index in [0.29, 0.717) is 17.0 Å². The second-order valence-corrected chi connectivity index (χ2v) is 6.81. The minimum Gasteiger partial charge on any atom is -0.363 e. The molecule has 0 aliphatic heterocycles. The molecule has 0 fully saturated rings. The zero-order valence-corrected chi connectivity index (χ0v) is 14.7. The molecular formula is C18H22ClN3O. The molecule has 23 heavy (non-hydrogen) atoms. The fraction of sp³-hybridized carbons (Fsp3) is 0.333. The first-order valence-corrected chi connectivity index (χ1v) is 7.85. The van der Waals surface area contributed by atoms with Crippen LogP contribution in [0.3, 0.4) is 0 Å². The molecule has 5 heteroatoms. The van der Waals surface area contributed by atoms with E-state index >= 15 is 0 Å². The van der Waals surface area contributed by atoms with Gasteiger partial charge in [0.1, 0.15) is 5.82 Å². The topological polar surface area (TPSA) is 45.2 Å². The van der Waals surface area contributed by atoms with E-state index in [1.165, 1.54) is 0 Å². The highest BCUT2D eigenvalue weighted by Gasteiger charge is 2.23. The van der Waals surface area contributed by atoms with Gasteiger partial charge in [0, 0.05) is 36.4 Å². The van der Waals surface area contributed by atoms with Gasteiger partial charge in [-0.2, -0.15) is 0 Å². The molecule has 4 nitrogen and oxygen atoms in total. The Morgan fingerprint density at radius 1 is 1.26 bits per heavy atom. The molecule has 0 aliphatic carbocycles. The van der Waals surface area contributed by atoms with Crippen LogP contribution in [-0.4, -0.2) is 30.5 Å². The number of anilines is 1. The summed E-state index contributed by atoms with van der Waals surface area (Å²) in [5.41, 5.74) is 1.20. The molecule has 2 aromatic rings. The Labute approximate surface area is 142 Å². The highest BCUT2D eigenvalue weighted by molar-refractivity contribution is 6.31. The normalized spacial score (nSPS) is 11.2. The Morgan fingerprint density at radius 2 is 1.96 bits per heavy atom. The predicted molar refractivity (Wildman–Crippen MR) is 95.3 cm³/mol. The van der Waals surface area contributed by atoms with Gasteiger partial charge in [0.25, 0.3) is 5.91 Å². The molecule has 0 atom stereocenters. The van der Waals surface area contributed by atoms with Crippen LogP contribution in [0, 0.1) is 0 Å². The van der Waals surface area contributed by atoms with E-state index in [9.17, 15) is 4.79 Å². The third-order valence-corrected chi connectivity index (χ3v) is 3.88. The van der Waals surface area contributed by atoms with Gasteiger partial charge in [0.05, 0.1) is 0 Å². The number of benzene rings is 1. The van der Waals surface area contributed by atoms with Crippen LogP contribution in [0.25, 0.3) is 0 Å². The second kappa shape index (κ2) is 7.01. The molecule has 0 spiro atoms. The average molecular weight is 332 g/mol. The summed E-state index contributed by atoms with van der Waals surface area (Å²) in [4.78, 5) is 18.6. The average Bonchev–Trinajstić information content (AvgIpc) is 2.49. The molecule has 0 saturated heterocycles. The first-order valence-electron chi connectivity index (χ1n) is 7.48. The number of halogens is 1. The number of carbonyl (C=O) groups excluding carboxylic acids is 1. The number of pyridine rings is 1. The summed E-state index contributed by atoms with van der Waals surface area (Å²) in [6, 6.07) is 11.2. The van der Waals surface area contributed by atoms with Crippen LogP contribution < -0.4 is 10.2 Å². The van der Waals surface area contributed by atoms with Crippen molar-refractivity contribution in [3.8, 4) is 0 Å². The number of carbonyl (C=O) groups is 1. The van der Waals surface area contributed by atoms with Crippen LogP contribution in [0.2, 0.25) is 5.02 Å². The van der Waals surface area contributed by atoms with Crippen LogP contribution in [-0.2, 0) is 6.42 Å². The van der Waals surface area contributed by atoms with Crippen molar-refractivity contribution in [2.75, 3.05) is 19.0 Å². The number of nitrogens with one attached hydrogen (secondary N) is 1. The van der Waals surface area contributed by atoms with Gasteiger partial charge in [-0.1, -0.05) is 29.8 Å². The summed E-state index contributed by atoms with van der Waals surface area (Å²) in [5.74, 6) is 0.633. The van der Waals surface area contributed by atoms with Gasteiger partial charge in [-0.25, -0.2) is 4.98 Å². The molecule has 0 saturated carbocycles. The summed E-state index contributed by atoms with van der Waals surface area (Å²) < 4.78 is 0. The van der Waals surface area contributed by atoms with Crippen LogP contribution in [0.5, 0.6) is 0 Å². The fourth-order valence-electron chi connectivity index (χ4n) is 2.35. The van der Waals surface area contributed by atoms with Crippen LogP contribution in [0.1, 0.15) is 29.8 Å². The van der Waals surface area contributed by atoms with E-state index < -0.39 is 5.54 Å². The van der Waals surface area contributed by atoms with Crippen molar-refractivity contribution in [1.29, 1.82) is 0 Å². The van der Waals surface area contributed by atoms with E-state index in [0.717, 1.165) is 11.4 Å².